The Kier molecular flexibility index (Phi) is 6.58. The molecule has 0 fully saturated rings. The number of carbonyl (C=O) groups excluding carboxylic acids is 1. The van der Waals surface area contributed by atoms with E-state index >= 15 is 0 Å². The Bertz CT molecular complexity index is 614. The van der Waals surface area contributed by atoms with Crippen LogP contribution < -0.4 is 0 Å². The van der Waals surface area contributed by atoms with Crippen molar-refractivity contribution in [2.75, 3.05) is 13.1 Å². The van der Waals surface area contributed by atoms with E-state index in [0.717, 1.165) is 19.4 Å². The largest absolute Gasteiger partial charge is 0.439 e. The molecule has 0 spiro atoms. The van der Waals surface area contributed by atoms with Crippen LogP contribution in [0.5, 0.6) is 0 Å². The maximum atomic E-state index is 12.6. The highest BCUT2D eigenvalue weighted by Gasteiger charge is 2.21. The number of rotatable bonds is 8. The Balaban J connectivity index is 2.04. The Morgan fingerprint density at radius 2 is 1.96 bits per heavy atom. The normalized spacial score (nSPS) is 11.0. The van der Waals surface area contributed by atoms with Gasteiger partial charge < -0.3 is 9.32 Å². The van der Waals surface area contributed by atoms with Crippen molar-refractivity contribution < 1.29 is 9.21 Å². The molecular weight excluding hydrogens is 312 g/mol. The monoisotopic (exact) mass is 334 g/mol. The highest BCUT2D eigenvalue weighted by molar-refractivity contribution is 7.98. The number of hydrogen-bond acceptors (Lipinski definition) is 6. The average molecular weight is 334 g/mol. The minimum atomic E-state index is -0.0935. The van der Waals surface area contributed by atoms with Gasteiger partial charge in [0.25, 0.3) is 11.1 Å². The van der Waals surface area contributed by atoms with E-state index in [4.69, 9.17) is 4.42 Å². The number of carbonyl (C=O) groups is 1. The van der Waals surface area contributed by atoms with E-state index in [1.54, 1.807) is 18.5 Å². The van der Waals surface area contributed by atoms with Crippen LogP contribution in [0.3, 0.4) is 0 Å². The highest BCUT2D eigenvalue weighted by Crippen LogP contribution is 2.23. The lowest BCUT2D eigenvalue weighted by Crippen LogP contribution is -2.35. The molecule has 0 radical (unpaired) electrons. The summed E-state index contributed by atoms with van der Waals surface area (Å²) in [5.41, 5.74) is 0.330. The summed E-state index contributed by atoms with van der Waals surface area (Å²) in [4.78, 5) is 26.8. The second-order valence-corrected chi connectivity index (χ2v) is 6.08. The molecule has 2 heterocycles. The summed E-state index contributed by atoms with van der Waals surface area (Å²) in [5, 5.41) is 0.913. The summed E-state index contributed by atoms with van der Waals surface area (Å²) in [6, 6.07) is 1.74. The van der Waals surface area contributed by atoms with Crippen LogP contribution >= 0.6 is 11.8 Å². The lowest BCUT2D eigenvalue weighted by atomic mass is 10.0. The first-order valence-electron chi connectivity index (χ1n) is 7.87. The van der Waals surface area contributed by atoms with E-state index in [-0.39, 0.29) is 5.91 Å². The van der Waals surface area contributed by atoms with Crippen LogP contribution in [0.25, 0.3) is 0 Å². The minimum Gasteiger partial charge on any atom is -0.439 e. The lowest BCUT2D eigenvalue weighted by molar-refractivity contribution is 0.0729. The molecule has 0 atom stereocenters. The van der Waals surface area contributed by atoms with Crippen LogP contribution in [-0.4, -0.2) is 38.8 Å². The molecule has 0 unspecified atom stereocenters. The van der Waals surface area contributed by atoms with Crippen molar-refractivity contribution in [3.8, 4) is 0 Å². The van der Waals surface area contributed by atoms with Gasteiger partial charge in [-0.15, -0.1) is 0 Å². The number of amides is 1. The van der Waals surface area contributed by atoms with Gasteiger partial charge in [-0.2, -0.15) is 4.98 Å². The van der Waals surface area contributed by atoms with Crippen molar-refractivity contribution in [2.45, 2.75) is 44.0 Å². The molecule has 2 rings (SSSR count). The summed E-state index contributed by atoms with van der Waals surface area (Å²) in [6.07, 6.45) is 6.83. The molecule has 0 aromatic carbocycles. The highest BCUT2D eigenvalue weighted by atomic mass is 32.2. The number of hydrogen-bond donors (Lipinski definition) is 0. The maximum Gasteiger partial charge on any atom is 0.275 e. The van der Waals surface area contributed by atoms with Gasteiger partial charge in [-0.3, -0.25) is 4.79 Å². The van der Waals surface area contributed by atoms with Crippen LogP contribution in [0.15, 0.2) is 39.5 Å². The van der Waals surface area contributed by atoms with Crippen LogP contribution in [0.2, 0.25) is 0 Å². The topological polar surface area (TPSA) is 72.1 Å². The first kappa shape index (κ1) is 17.5. The molecule has 0 N–H and O–H groups in total. The summed E-state index contributed by atoms with van der Waals surface area (Å²) >= 11 is 1.20. The number of oxazole rings is 1. The van der Waals surface area contributed by atoms with Gasteiger partial charge in [0, 0.05) is 37.2 Å². The fourth-order valence-electron chi connectivity index (χ4n) is 2.19. The zero-order chi connectivity index (χ0) is 16.7. The molecular formula is C16H22N4O2S. The third-order valence-electron chi connectivity index (χ3n) is 3.73. The predicted octanol–water partition coefficient (Wildman–Crippen LogP) is 3.51. The fourth-order valence-corrected chi connectivity index (χ4v) is 2.82. The molecule has 0 bridgehead atoms. The van der Waals surface area contributed by atoms with Gasteiger partial charge >= 0.3 is 0 Å². The van der Waals surface area contributed by atoms with E-state index in [2.05, 4.69) is 28.8 Å². The smallest absolute Gasteiger partial charge is 0.275 e. The third kappa shape index (κ3) is 4.79. The van der Waals surface area contributed by atoms with Gasteiger partial charge in [0.15, 0.2) is 10.9 Å². The first-order valence-corrected chi connectivity index (χ1v) is 8.69. The molecule has 7 heteroatoms. The summed E-state index contributed by atoms with van der Waals surface area (Å²) in [7, 11) is 0. The lowest BCUT2D eigenvalue weighted by Gasteiger charge is -2.24. The molecule has 23 heavy (non-hydrogen) atoms. The molecule has 124 valence electrons. The third-order valence-corrected chi connectivity index (χ3v) is 4.48. The Hall–Kier alpha value is -1.89. The summed E-state index contributed by atoms with van der Waals surface area (Å²) in [5.74, 6) is 0.418. The molecule has 0 saturated carbocycles. The van der Waals surface area contributed by atoms with Gasteiger partial charge in [0.05, 0.1) is 0 Å². The molecule has 0 aliphatic rings. The van der Waals surface area contributed by atoms with Crippen molar-refractivity contribution in [1.82, 2.24) is 19.9 Å². The van der Waals surface area contributed by atoms with E-state index in [9.17, 15) is 4.79 Å². The van der Waals surface area contributed by atoms with Crippen molar-refractivity contribution in [1.29, 1.82) is 0 Å². The maximum absolute atomic E-state index is 12.6. The first-order chi connectivity index (χ1) is 11.2. The summed E-state index contributed by atoms with van der Waals surface area (Å²) < 4.78 is 5.37. The predicted molar refractivity (Wildman–Crippen MR) is 88.3 cm³/mol. The van der Waals surface area contributed by atoms with E-state index < -0.39 is 0 Å². The van der Waals surface area contributed by atoms with E-state index in [1.807, 2.05) is 11.8 Å². The van der Waals surface area contributed by atoms with Gasteiger partial charge in [0.2, 0.25) is 0 Å². The van der Waals surface area contributed by atoms with Crippen LogP contribution in [0.1, 0.15) is 44.1 Å². The quantitative estimate of drug-likeness (QED) is 0.688. The van der Waals surface area contributed by atoms with Crippen molar-refractivity contribution in [3.05, 3.63) is 30.4 Å². The van der Waals surface area contributed by atoms with Crippen LogP contribution in [0, 0.1) is 5.92 Å². The molecule has 2 aromatic rings. The standard InChI is InChI=1S/C16H22N4O2S/c1-4-12(5-2)10-20(6-3)14(21)13-11-22-16(19-13)23-15-17-8-7-9-18-15/h7-9,11-12H,4-6,10H2,1-3H3. The molecule has 0 saturated heterocycles. The zero-order valence-electron chi connectivity index (χ0n) is 13.7. The molecule has 6 nitrogen and oxygen atoms in total. The Morgan fingerprint density at radius 1 is 1.26 bits per heavy atom. The van der Waals surface area contributed by atoms with E-state index in [0.29, 0.717) is 28.5 Å². The summed E-state index contributed by atoms with van der Waals surface area (Å²) in [6.45, 7) is 7.69. The second kappa shape index (κ2) is 8.67. The number of aromatic nitrogens is 3. The number of nitrogens with zero attached hydrogens (tertiary/aromatic N) is 4. The molecule has 0 aliphatic heterocycles. The minimum absolute atomic E-state index is 0.0935. The van der Waals surface area contributed by atoms with E-state index in [1.165, 1.54) is 18.0 Å². The van der Waals surface area contributed by atoms with Gasteiger partial charge in [-0.05, 0) is 18.9 Å². The fraction of sp³-hybridized carbons (Fsp3) is 0.500. The van der Waals surface area contributed by atoms with Crippen molar-refractivity contribution in [2.24, 2.45) is 5.92 Å². The van der Waals surface area contributed by atoms with Crippen molar-refractivity contribution in [3.63, 3.8) is 0 Å². The average Bonchev–Trinajstić information content (AvgIpc) is 3.05. The van der Waals surface area contributed by atoms with Crippen LogP contribution in [-0.2, 0) is 0 Å². The van der Waals surface area contributed by atoms with Gasteiger partial charge in [-0.25, -0.2) is 9.97 Å². The van der Waals surface area contributed by atoms with Crippen LogP contribution in [0.4, 0.5) is 0 Å². The SMILES string of the molecule is CCC(CC)CN(CC)C(=O)c1coc(Sc2ncccn2)n1. The Morgan fingerprint density at radius 3 is 2.57 bits per heavy atom. The van der Waals surface area contributed by atoms with Crippen molar-refractivity contribution >= 4 is 17.7 Å². The zero-order valence-corrected chi connectivity index (χ0v) is 14.5. The molecule has 1 amide bonds. The van der Waals surface area contributed by atoms with Gasteiger partial charge in [0.1, 0.15) is 6.26 Å². The second-order valence-electron chi connectivity index (χ2n) is 5.16. The Labute approximate surface area is 140 Å². The van der Waals surface area contributed by atoms with Gasteiger partial charge in [-0.1, -0.05) is 26.7 Å². The molecule has 0 aliphatic carbocycles. The molecule has 2 aromatic heterocycles.